The lowest BCUT2D eigenvalue weighted by molar-refractivity contribution is -0.281. The highest BCUT2D eigenvalue weighted by Crippen LogP contribution is 2.34. The molecule has 11 heteroatoms. The van der Waals surface area contributed by atoms with E-state index in [1.807, 2.05) is 0 Å². The molecule has 0 amide bonds. The summed E-state index contributed by atoms with van der Waals surface area (Å²) in [6, 6.07) is 10.5. The van der Waals surface area contributed by atoms with Crippen LogP contribution in [0.2, 0.25) is 0 Å². The Hall–Kier alpha value is -3.64. The quantitative estimate of drug-likeness (QED) is 0.365. The fourth-order valence-electron chi connectivity index (χ4n) is 3.81. The van der Waals surface area contributed by atoms with Crippen LogP contribution in [0.3, 0.4) is 0 Å². The first-order chi connectivity index (χ1) is 16.7. The molecule has 5 atom stereocenters. The van der Waals surface area contributed by atoms with Crippen LogP contribution in [0, 0.1) is 0 Å². The molecule has 11 nitrogen and oxygen atoms in total. The highest BCUT2D eigenvalue weighted by molar-refractivity contribution is 5.86. The predicted octanol–water partition coefficient (Wildman–Crippen LogP) is 0.924. The van der Waals surface area contributed by atoms with Crippen molar-refractivity contribution < 1.29 is 48.6 Å². The second-order valence-corrected chi connectivity index (χ2v) is 7.92. The molecule has 2 heterocycles. The maximum absolute atomic E-state index is 12.7. The number of hydrogen-bond acceptors (Lipinski definition) is 11. The Labute approximate surface area is 198 Å². The normalized spacial score (nSPS) is 24.2. The number of benzene rings is 2. The molecule has 0 spiro atoms. The van der Waals surface area contributed by atoms with Gasteiger partial charge in [-0.3, -0.25) is 9.59 Å². The van der Waals surface area contributed by atoms with Gasteiger partial charge >= 0.3 is 5.97 Å². The first-order valence-electron chi connectivity index (χ1n) is 10.6. The molecule has 35 heavy (non-hydrogen) atoms. The Morgan fingerprint density at radius 1 is 1.06 bits per heavy atom. The number of aliphatic hydroxyl groups is 3. The molecular weight excluding hydrogens is 464 g/mol. The Kier molecular flexibility index (Phi) is 6.94. The summed E-state index contributed by atoms with van der Waals surface area (Å²) < 4.78 is 27.2. The van der Waals surface area contributed by atoms with Gasteiger partial charge in [-0.15, -0.1) is 0 Å². The molecule has 1 aromatic heterocycles. The molecule has 4 N–H and O–H groups in total. The minimum atomic E-state index is -1.62. The Balaban J connectivity index is 1.71. The van der Waals surface area contributed by atoms with Gasteiger partial charge in [-0.2, -0.15) is 0 Å². The van der Waals surface area contributed by atoms with Crippen molar-refractivity contribution in [1.82, 2.24) is 0 Å². The molecule has 3 aromatic rings. The van der Waals surface area contributed by atoms with Crippen molar-refractivity contribution in [1.29, 1.82) is 0 Å². The summed E-state index contributed by atoms with van der Waals surface area (Å²) in [5.74, 6) is -0.405. The van der Waals surface area contributed by atoms with E-state index in [0.717, 1.165) is 13.0 Å². The Morgan fingerprint density at radius 3 is 2.40 bits per heavy atom. The minimum Gasteiger partial charge on any atom is -0.507 e. The molecule has 0 unspecified atom stereocenters. The fraction of sp³-hybridized carbons (Fsp3) is 0.333. The number of esters is 1. The maximum Gasteiger partial charge on any atom is 0.303 e. The zero-order valence-corrected chi connectivity index (χ0v) is 18.8. The number of methoxy groups -OCH3 is 1. The van der Waals surface area contributed by atoms with Crippen molar-refractivity contribution in [3.8, 4) is 28.6 Å². The smallest absolute Gasteiger partial charge is 0.303 e. The first-order valence-corrected chi connectivity index (χ1v) is 10.6. The molecule has 0 saturated carbocycles. The molecule has 4 rings (SSSR count). The summed E-state index contributed by atoms with van der Waals surface area (Å²) in [7, 11) is 1.53. The van der Waals surface area contributed by atoms with Gasteiger partial charge in [0.1, 0.15) is 52.3 Å². The number of phenolic OH excluding ortho intramolecular Hbond substituents is 1. The van der Waals surface area contributed by atoms with Crippen LogP contribution < -0.4 is 14.9 Å². The van der Waals surface area contributed by atoms with Crippen molar-refractivity contribution in [2.24, 2.45) is 0 Å². The van der Waals surface area contributed by atoms with Crippen LogP contribution in [0.5, 0.6) is 17.2 Å². The number of aliphatic hydroxyl groups excluding tert-OH is 3. The number of carbonyl (C=O) groups excluding carboxylic acids is 1. The van der Waals surface area contributed by atoms with Gasteiger partial charge in [0, 0.05) is 30.7 Å². The van der Waals surface area contributed by atoms with Crippen LogP contribution >= 0.6 is 0 Å². The van der Waals surface area contributed by atoms with E-state index < -0.39 is 54.5 Å². The molecule has 2 aromatic carbocycles. The molecule has 1 saturated heterocycles. The summed E-state index contributed by atoms with van der Waals surface area (Å²) >= 11 is 0. The van der Waals surface area contributed by atoms with E-state index in [9.17, 15) is 30.0 Å². The van der Waals surface area contributed by atoms with Gasteiger partial charge in [0.25, 0.3) is 0 Å². The second-order valence-electron chi connectivity index (χ2n) is 7.92. The Bertz CT molecular complexity index is 1270. The van der Waals surface area contributed by atoms with Gasteiger partial charge in [-0.25, -0.2) is 0 Å². The number of ether oxygens (including phenoxy) is 4. The molecule has 0 bridgehead atoms. The third-order valence-electron chi connectivity index (χ3n) is 5.54. The summed E-state index contributed by atoms with van der Waals surface area (Å²) in [5, 5.41) is 40.4. The molecule has 1 aliphatic rings. The molecule has 1 aliphatic heterocycles. The lowest BCUT2D eigenvalue weighted by atomic mass is 9.99. The van der Waals surface area contributed by atoms with Crippen molar-refractivity contribution in [3.05, 3.63) is 52.7 Å². The van der Waals surface area contributed by atoms with E-state index in [1.54, 1.807) is 24.3 Å². The molecular formula is C24H24O11. The standard InChI is InChI=1S/C24H24O11/c1-11(26)32-23-22(30)21(29)19(10-25)35-24(23)33-14-7-15(27)20-16(28)9-17(34-18(20)8-14)12-3-5-13(31-2)6-4-12/h3-9,19,21-25,27,29-30H,10H2,1-2H3/t19-,21-,22-,23-,24-/m1/s1. The fourth-order valence-corrected chi connectivity index (χ4v) is 3.81. The summed E-state index contributed by atoms with van der Waals surface area (Å²) in [5.41, 5.74) is 0.0909. The average molecular weight is 488 g/mol. The van der Waals surface area contributed by atoms with Gasteiger partial charge in [-0.05, 0) is 24.3 Å². The average Bonchev–Trinajstić information content (AvgIpc) is 2.83. The van der Waals surface area contributed by atoms with Crippen molar-refractivity contribution in [3.63, 3.8) is 0 Å². The van der Waals surface area contributed by atoms with Gasteiger partial charge < -0.3 is 43.8 Å². The summed E-state index contributed by atoms with van der Waals surface area (Å²) in [6.45, 7) is 0.458. The van der Waals surface area contributed by atoms with Crippen LogP contribution in [-0.2, 0) is 14.3 Å². The predicted molar refractivity (Wildman–Crippen MR) is 120 cm³/mol. The van der Waals surface area contributed by atoms with E-state index in [-0.39, 0.29) is 22.5 Å². The van der Waals surface area contributed by atoms with E-state index in [4.69, 9.17) is 23.4 Å². The first kappa shape index (κ1) is 24.5. The van der Waals surface area contributed by atoms with Crippen molar-refractivity contribution in [2.45, 2.75) is 37.6 Å². The minimum absolute atomic E-state index is 0.00236. The number of carbonyl (C=O) groups is 1. The highest BCUT2D eigenvalue weighted by atomic mass is 16.7. The van der Waals surface area contributed by atoms with Crippen molar-refractivity contribution in [2.75, 3.05) is 13.7 Å². The molecule has 0 radical (unpaired) electrons. The number of aromatic hydroxyl groups is 1. The highest BCUT2D eigenvalue weighted by Gasteiger charge is 2.47. The third kappa shape index (κ3) is 4.93. The van der Waals surface area contributed by atoms with Crippen LogP contribution in [0.4, 0.5) is 0 Å². The molecule has 186 valence electrons. The van der Waals surface area contributed by atoms with E-state index >= 15 is 0 Å². The number of rotatable bonds is 6. The number of phenols is 1. The van der Waals surface area contributed by atoms with Crippen LogP contribution in [-0.4, -0.2) is 70.8 Å². The topological polar surface area (TPSA) is 165 Å². The third-order valence-corrected chi connectivity index (χ3v) is 5.54. The van der Waals surface area contributed by atoms with Gasteiger partial charge in [-0.1, -0.05) is 0 Å². The van der Waals surface area contributed by atoms with Crippen LogP contribution in [0.25, 0.3) is 22.3 Å². The number of hydrogen-bond donors (Lipinski definition) is 4. The van der Waals surface area contributed by atoms with E-state index in [1.165, 1.54) is 19.2 Å². The molecule has 1 fully saturated rings. The maximum atomic E-state index is 12.7. The Morgan fingerprint density at radius 2 is 1.77 bits per heavy atom. The number of fused-ring (bicyclic) bond motifs is 1. The lowest BCUT2D eigenvalue weighted by Gasteiger charge is -2.41. The zero-order valence-electron chi connectivity index (χ0n) is 18.8. The van der Waals surface area contributed by atoms with Gasteiger partial charge in [0.2, 0.25) is 6.29 Å². The van der Waals surface area contributed by atoms with Gasteiger partial charge in [0.15, 0.2) is 11.5 Å². The van der Waals surface area contributed by atoms with E-state index in [0.29, 0.717) is 11.3 Å². The monoisotopic (exact) mass is 488 g/mol. The molecule has 0 aliphatic carbocycles. The van der Waals surface area contributed by atoms with E-state index in [2.05, 4.69) is 0 Å². The second kappa shape index (κ2) is 9.92. The SMILES string of the molecule is COc1ccc(-c2cc(=O)c3c(O)cc(O[C@@H]4O[C@H](CO)[C@@H](O)[C@@H](O)[C@H]4OC(C)=O)cc3o2)cc1. The summed E-state index contributed by atoms with van der Waals surface area (Å²) in [4.78, 5) is 24.2. The summed E-state index contributed by atoms with van der Waals surface area (Å²) in [6.07, 6.45) is -7.29. The van der Waals surface area contributed by atoms with Crippen molar-refractivity contribution >= 4 is 16.9 Å². The lowest BCUT2D eigenvalue weighted by Crippen LogP contribution is -2.61. The van der Waals surface area contributed by atoms with Crippen LogP contribution in [0.15, 0.2) is 51.7 Å². The zero-order chi connectivity index (χ0) is 25.3. The largest absolute Gasteiger partial charge is 0.507 e. The van der Waals surface area contributed by atoms with Gasteiger partial charge in [0.05, 0.1) is 13.7 Å². The van der Waals surface area contributed by atoms with Crippen LogP contribution in [0.1, 0.15) is 6.92 Å².